The minimum Gasteiger partial charge on any atom is -0.494 e. The molecule has 0 aliphatic carbocycles. The molecule has 1 amide bonds. The monoisotopic (exact) mass is 374 g/mol. The lowest BCUT2D eigenvalue weighted by Crippen LogP contribution is -2.19. The van der Waals surface area contributed by atoms with E-state index in [9.17, 15) is 9.18 Å². The Balaban J connectivity index is 2.07. The molecule has 0 radical (unpaired) electrons. The molecular formula is C19H19FN2O3S. The molecule has 0 bridgehead atoms. The predicted molar refractivity (Wildman–Crippen MR) is 99.2 cm³/mol. The van der Waals surface area contributed by atoms with Crippen molar-refractivity contribution in [3.8, 4) is 5.75 Å². The van der Waals surface area contributed by atoms with Crippen molar-refractivity contribution in [1.29, 1.82) is 0 Å². The van der Waals surface area contributed by atoms with Crippen molar-refractivity contribution in [2.75, 3.05) is 20.3 Å². The first-order chi connectivity index (χ1) is 12.6. The van der Waals surface area contributed by atoms with Crippen LogP contribution in [-0.4, -0.2) is 30.8 Å². The summed E-state index contributed by atoms with van der Waals surface area (Å²) < 4.78 is 26.7. The van der Waals surface area contributed by atoms with E-state index in [1.807, 2.05) is 29.7 Å². The second-order valence-corrected chi connectivity index (χ2v) is 6.52. The van der Waals surface area contributed by atoms with E-state index in [2.05, 4.69) is 4.99 Å². The van der Waals surface area contributed by atoms with E-state index in [1.54, 1.807) is 7.11 Å². The summed E-state index contributed by atoms with van der Waals surface area (Å²) in [6.45, 7) is 3.58. The van der Waals surface area contributed by atoms with Gasteiger partial charge in [-0.1, -0.05) is 11.3 Å². The average Bonchev–Trinajstić information content (AvgIpc) is 2.97. The number of rotatable bonds is 6. The van der Waals surface area contributed by atoms with Gasteiger partial charge in [0.1, 0.15) is 11.6 Å². The van der Waals surface area contributed by atoms with Gasteiger partial charge in [-0.25, -0.2) is 4.39 Å². The first-order valence-corrected chi connectivity index (χ1v) is 9.03. The van der Waals surface area contributed by atoms with Gasteiger partial charge >= 0.3 is 0 Å². The Kier molecular flexibility index (Phi) is 5.80. The van der Waals surface area contributed by atoms with Crippen LogP contribution in [-0.2, 0) is 11.3 Å². The number of hydrogen-bond donors (Lipinski definition) is 0. The second-order valence-electron chi connectivity index (χ2n) is 5.52. The van der Waals surface area contributed by atoms with E-state index >= 15 is 0 Å². The van der Waals surface area contributed by atoms with Crippen molar-refractivity contribution in [3.63, 3.8) is 0 Å². The Morgan fingerprint density at radius 2 is 2.00 bits per heavy atom. The number of hydrogen-bond acceptors (Lipinski definition) is 4. The smallest absolute Gasteiger partial charge is 0.279 e. The topological polar surface area (TPSA) is 52.8 Å². The highest BCUT2D eigenvalue weighted by Crippen LogP contribution is 2.23. The first-order valence-electron chi connectivity index (χ1n) is 8.22. The van der Waals surface area contributed by atoms with Gasteiger partial charge in [0.2, 0.25) is 0 Å². The number of amides is 1. The van der Waals surface area contributed by atoms with Gasteiger partial charge in [0, 0.05) is 19.2 Å². The molecule has 2 aromatic carbocycles. The molecule has 136 valence electrons. The quantitative estimate of drug-likeness (QED) is 0.662. The number of benzene rings is 2. The van der Waals surface area contributed by atoms with Gasteiger partial charge in [0.25, 0.3) is 5.91 Å². The van der Waals surface area contributed by atoms with E-state index < -0.39 is 5.91 Å². The molecule has 5 nitrogen and oxygen atoms in total. The summed E-state index contributed by atoms with van der Waals surface area (Å²) in [6, 6.07) is 11.2. The second kappa shape index (κ2) is 8.25. The number of halogens is 1. The normalized spacial score (nSPS) is 11.9. The van der Waals surface area contributed by atoms with Crippen LogP contribution in [0.25, 0.3) is 10.2 Å². The number of thiazole rings is 1. The molecule has 0 saturated carbocycles. The third-order valence-corrected chi connectivity index (χ3v) is 4.81. The predicted octanol–water partition coefficient (Wildman–Crippen LogP) is 3.63. The average molecular weight is 374 g/mol. The minimum atomic E-state index is -0.409. The summed E-state index contributed by atoms with van der Waals surface area (Å²) in [5, 5.41) is 0. The molecule has 0 fully saturated rings. The minimum absolute atomic E-state index is 0.345. The summed E-state index contributed by atoms with van der Waals surface area (Å²) in [5.74, 6) is -0.0219. The fourth-order valence-corrected chi connectivity index (χ4v) is 3.62. The molecule has 7 heteroatoms. The highest BCUT2D eigenvalue weighted by Gasteiger charge is 2.10. The van der Waals surface area contributed by atoms with Gasteiger partial charge in [0.15, 0.2) is 4.80 Å². The zero-order valence-corrected chi connectivity index (χ0v) is 15.4. The molecule has 0 atom stereocenters. The number of nitrogens with zero attached hydrogens (tertiary/aromatic N) is 2. The Hall–Kier alpha value is -2.51. The standard InChI is InChI=1S/C19H19FN2O3S/c1-3-25-15-8-9-16-17(12-15)26-19(22(16)10-11-24-2)21-18(23)13-4-6-14(20)7-5-13/h4-9,12H,3,10-11H2,1-2H3. The molecule has 26 heavy (non-hydrogen) atoms. The molecule has 1 aromatic heterocycles. The van der Waals surface area contributed by atoms with Gasteiger partial charge < -0.3 is 14.0 Å². The van der Waals surface area contributed by atoms with Crippen LogP contribution in [0.2, 0.25) is 0 Å². The van der Waals surface area contributed by atoms with E-state index in [-0.39, 0.29) is 5.82 Å². The molecule has 0 aliphatic rings. The van der Waals surface area contributed by atoms with Crippen LogP contribution in [0.3, 0.4) is 0 Å². The van der Waals surface area contributed by atoms with Crippen molar-refractivity contribution in [1.82, 2.24) is 4.57 Å². The van der Waals surface area contributed by atoms with Crippen LogP contribution in [0.15, 0.2) is 47.5 Å². The van der Waals surface area contributed by atoms with Crippen molar-refractivity contribution in [2.45, 2.75) is 13.5 Å². The number of aromatic nitrogens is 1. The van der Waals surface area contributed by atoms with Crippen molar-refractivity contribution in [3.05, 3.63) is 58.6 Å². The Morgan fingerprint density at radius 1 is 1.23 bits per heavy atom. The molecule has 0 saturated heterocycles. The van der Waals surface area contributed by atoms with Crippen LogP contribution in [0, 0.1) is 5.82 Å². The third kappa shape index (κ3) is 4.00. The van der Waals surface area contributed by atoms with Gasteiger partial charge in [-0.2, -0.15) is 4.99 Å². The van der Waals surface area contributed by atoms with Crippen LogP contribution in [0.1, 0.15) is 17.3 Å². The summed E-state index contributed by atoms with van der Waals surface area (Å²) in [7, 11) is 1.63. The maximum Gasteiger partial charge on any atom is 0.279 e. The fourth-order valence-electron chi connectivity index (χ4n) is 2.54. The van der Waals surface area contributed by atoms with Gasteiger partial charge in [-0.05, 0) is 49.4 Å². The molecule has 0 N–H and O–H groups in total. The maximum atomic E-state index is 13.1. The molecular weight excluding hydrogens is 355 g/mol. The number of methoxy groups -OCH3 is 1. The summed E-state index contributed by atoms with van der Waals surface area (Å²) in [5.41, 5.74) is 1.30. The Bertz CT molecular complexity index is 977. The third-order valence-electron chi connectivity index (χ3n) is 3.77. The van der Waals surface area contributed by atoms with Crippen molar-refractivity contribution >= 4 is 27.5 Å². The van der Waals surface area contributed by atoms with Gasteiger partial charge in [0.05, 0.1) is 23.4 Å². The first kappa shape index (κ1) is 18.3. The van der Waals surface area contributed by atoms with Gasteiger partial charge in [-0.3, -0.25) is 4.79 Å². The molecule has 3 aromatic rings. The van der Waals surface area contributed by atoms with Crippen LogP contribution in [0.4, 0.5) is 4.39 Å². The van der Waals surface area contributed by atoms with E-state index in [0.717, 1.165) is 16.0 Å². The van der Waals surface area contributed by atoms with Crippen LogP contribution >= 0.6 is 11.3 Å². The van der Waals surface area contributed by atoms with Crippen LogP contribution in [0.5, 0.6) is 5.75 Å². The molecule has 0 unspecified atom stereocenters. The SMILES string of the molecule is CCOc1ccc2c(c1)sc(=NC(=O)c1ccc(F)cc1)n2CCOC. The van der Waals surface area contributed by atoms with Crippen molar-refractivity contribution < 1.29 is 18.7 Å². The lowest BCUT2D eigenvalue weighted by molar-refractivity contribution is 0.0997. The zero-order chi connectivity index (χ0) is 18.5. The van der Waals surface area contributed by atoms with Gasteiger partial charge in [-0.15, -0.1) is 0 Å². The van der Waals surface area contributed by atoms with E-state index in [0.29, 0.717) is 30.1 Å². The van der Waals surface area contributed by atoms with E-state index in [4.69, 9.17) is 9.47 Å². The maximum absolute atomic E-state index is 13.1. The highest BCUT2D eigenvalue weighted by molar-refractivity contribution is 7.16. The van der Waals surface area contributed by atoms with Crippen molar-refractivity contribution in [2.24, 2.45) is 4.99 Å². The lowest BCUT2D eigenvalue weighted by atomic mass is 10.2. The highest BCUT2D eigenvalue weighted by atomic mass is 32.1. The van der Waals surface area contributed by atoms with E-state index in [1.165, 1.54) is 35.6 Å². The molecule has 3 rings (SSSR count). The number of ether oxygens (including phenoxy) is 2. The Labute approximate surface area is 154 Å². The molecule has 0 aliphatic heterocycles. The largest absolute Gasteiger partial charge is 0.494 e. The Morgan fingerprint density at radius 3 is 2.69 bits per heavy atom. The zero-order valence-electron chi connectivity index (χ0n) is 14.6. The summed E-state index contributed by atoms with van der Waals surface area (Å²) >= 11 is 1.41. The van der Waals surface area contributed by atoms with Crippen LogP contribution < -0.4 is 9.54 Å². The fraction of sp³-hybridized carbons (Fsp3) is 0.263. The molecule has 1 heterocycles. The summed E-state index contributed by atoms with van der Waals surface area (Å²) in [4.78, 5) is 17.3. The molecule has 0 spiro atoms. The number of fused-ring (bicyclic) bond motifs is 1. The lowest BCUT2D eigenvalue weighted by Gasteiger charge is -2.05. The number of carbonyl (C=O) groups excluding carboxylic acids is 1. The summed E-state index contributed by atoms with van der Waals surface area (Å²) in [6.07, 6.45) is 0. The number of carbonyl (C=O) groups is 1.